The lowest BCUT2D eigenvalue weighted by molar-refractivity contribution is 0.0532. The molecule has 0 saturated heterocycles. The van der Waals surface area contributed by atoms with Crippen molar-refractivity contribution in [3.05, 3.63) is 115 Å². The summed E-state index contributed by atoms with van der Waals surface area (Å²) in [4.78, 5) is 24.4. The molecule has 9 heteroatoms. The van der Waals surface area contributed by atoms with E-state index in [1.165, 1.54) is 28.0 Å². The number of rotatable bonds is 8. The lowest BCUT2D eigenvalue weighted by atomic mass is 9.85. The molecule has 4 aromatic rings. The van der Waals surface area contributed by atoms with Crippen molar-refractivity contribution in [3.63, 3.8) is 0 Å². The first-order chi connectivity index (χ1) is 17.8. The third-order valence-electron chi connectivity index (χ3n) is 6.00. The minimum Gasteiger partial charge on any atom is -0.462 e. The van der Waals surface area contributed by atoms with Gasteiger partial charge in [-0.1, -0.05) is 47.1 Å². The minimum absolute atomic E-state index is 0.165. The molecule has 1 N–H and O–H groups in total. The summed E-state index contributed by atoms with van der Waals surface area (Å²) in [7, 11) is 1.60. The first-order valence-electron chi connectivity index (χ1n) is 11.5. The minimum atomic E-state index is -0.507. The molecule has 0 bridgehead atoms. The van der Waals surface area contributed by atoms with Crippen LogP contribution in [0, 0.1) is 5.82 Å². The van der Waals surface area contributed by atoms with Gasteiger partial charge in [0, 0.05) is 42.2 Å². The van der Waals surface area contributed by atoms with Gasteiger partial charge in [-0.05, 0) is 58.8 Å². The van der Waals surface area contributed by atoms with Crippen LogP contribution in [0.4, 0.5) is 4.39 Å². The number of hydrogen-bond acceptors (Lipinski definition) is 6. The van der Waals surface area contributed by atoms with E-state index < -0.39 is 11.7 Å². The molecular formula is C28H24ClFN2O4S. The number of aryl methyl sites for hydroxylation is 1. The fourth-order valence-electron chi connectivity index (χ4n) is 4.07. The van der Waals surface area contributed by atoms with Gasteiger partial charge in [0.25, 0.3) is 0 Å². The second-order valence-electron chi connectivity index (χ2n) is 8.38. The van der Waals surface area contributed by atoms with E-state index in [-0.39, 0.29) is 23.0 Å². The van der Waals surface area contributed by atoms with E-state index in [4.69, 9.17) is 16.3 Å². The van der Waals surface area contributed by atoms with Crippen molar-refractivity contribution >= 4 is 34.6 Å². The summed E-state index contributed by atoms with van der Waals surface area (Å²) >= 11 is 7.30. The molecular weight excluding hydrogens is 515 g/mol. The third-order valence-corrected chi connectivity index (χ3v) is 7.14. The number of esters is 1. The molecule has 0 aliphatic heterocycles. The molecule has 4 rings (SSSR count). The van der Waals surface area contributed by atoms with Gasteiger partial charge < -0.3 is 14.5 Å². The number of benzene rings is 2. The van der Waals surface area contributed by atoms with Crippen molar-refractivity contribution in [2.75, 3.05) is 6.61 Å². The predicted molar refractivity (Wildman–Crippen MR) is 144 cm³/mol. The maximum Gasteiger partial charge on any atom is 0.348 e. The summed E-state index contributed by atoms with van der Waals surface area (Å²) in [5, 5.41) is 15.5. The van der Waals surface area contributed by atoms with Gasteiger partial charge in [0.15, 0.2) is 0 Å². The highest BCUT2D eigenvalue weighted by Crippen LogP contribution is 2.34. The lowest BCUT2D eigenvalue weighted by Crippen LogP contribution is -2.18. The maximum absolute atomic E-state index is 15.1. The highest BCUT2D eigenvalue weighted by atomic mass is 35.5. The normalized spacial score (nSPS) is 12.4. The quantitative estimate of drug-likeness (QED) is 0.120. The highest BCUT2D eigenvalue weighted by molar-refractivity contribution is 7.12. The molecule has 2 aromatic heterocycles. The van der Waals surface area contributed by atoms with Crippen LogP contribution in [0.1, 0.15) is 45.6 Å². The summed E-state index contributed by atoms with van der Waals surface area (Å²) in [6.45, 7) is 2.07. The van der Waals surface area contributed by atoms with E-state index >= 15 is 4.39 Å². The molecule has 0 amide bonds. The van der Waals surface area contributed by atoms with Gasteiger partial charge in [-0.15, -0.1) is 11.3 Å². The predicted octanol–water partition coefficient (Wildman–Crippen LogP) is 6.48. The van der Waals surface area contributed by atoms with Gasteiger partial charge in [-0.3, -0.25) is 4.79 Å². The highest BCUT2D eigenvalue weighted by Gasteiger charge is 2.23. The van der Waals surface area contributed by atoms with Crippen LogP contribution in [-0.2, 0) is 11.8 Å². The van der Waals surface area contributed by atoms with Crippen molar-refractivity contribution in [2.24, 2.45) is 12.2 Å². The largest absolute Gasteiger partial charge is 0.462 e. The number of nitrogens with zero attached hydrogens (tertiary/aromatic N) is 2. The molecule has 0 fully saturated rings. The molecule has 190 valence electrons. The Labute approximate surface area is 222 Å². The van der Waals surface area contributed by atoms with Crippen LogP contribution in [0.5, 0.6) is 0 Å². The maximum atomic E-state index is 15.1. The molecule has 0 aliphatic rings. The zero-order valence-electron chi connectivity index (χ0n) is 20.2. The van der Waals surface area contributed by atoms with Crippen LogP contribution >= 0.6 is 22.9 Å². The SMILES string of the molecule is CCOC(=O)c1cc(-c2ccc([C@H](C/C(=N\O)c3ccc(=O)n(C)c3)c3ccc(Cl)cc3F)cc2)cs1. The zero-order valence-corrected chi connectivity index (χ0v) is 21.7. The van der Waals surface area contributed by atoms with Crippen molar-refractivity contribution < 1.29 is 19.1 Å². The van der Waals surface area contributed by atoms with E-state index in [9.17, 15) is 14.8 Å². The summed E-state index contributed by atoms with van der Waals surface area (Å²) in [6.07, 6.45) is 1.74. The molecule has 2 aromatic carbocycles. The van der Waals surface area contributed by atoms with Crippen LogP contribution in [0.25, 0.3) is 11.1 Å². The molecule has 0 radical (unpaired) electrons. The van der Waals surface area contributed by atoms with Crippen LogP contribution in [-0.4, -0.2) is 28.1 Å². The van der Waals surface area contributed by atoms with E-state index in [0.717, 1.165) is 16.7 Å². The molecule has 6 nitrogen and oxygen atoms in total. The average molecular weight is 539 g/mol. The fourth-order valence-corrected chi connectivity index (χ4v) is 5.04. The molecule has 37 heavy (non-hydrogen) atoms. The Balaban J connectivity index is 1.70. The topological polar surface area (TPSA) is 80.9 Å². The van der Waals surface area contributed by atoms with Gasteiger partial charge in [0.05, 0.1) is 12.3 Å². The van der Waals surface area contributed by atoms with Gasteiger partial charge in [0.2, 0.25) is 5.56 Å². The summed E-state index contributed by atoms with van der Waals surface area (Å²) in [5.74, 6) is -1.34. The number of carbonyl (C=O) groups is 1. The molecule has 0 aliphatic carbocycles. The molecule has 0 spiro atoms. The standard InChI is InChI=1S/C28H24ClFN2O4S/c1-3-36-28(34)26-12-20(16-37-26)17-4-6-18(7-5-17)23(22-10-9-21(29)13-24(22)30)14-25(31-35)19-8-11-27(33)32(2)15-19/h4-13,15-16,23,35H,3,14H2,1-2H3/b31-25+/t23-/m0/s1. The number of carbonyl (C=O) groups excluding carboxylic acids is 1. The number of oxime groups is 1. The number of pyridine rings is 1. The Morgan fingerprint density at radius 3 is 2.54 bits per heavy atom. The number of hydrogen-bond donors (Lipinski definition) is 1. The van der Waals surface area contributed by atoms with Crippen LogP contribution < -0.4 is 5.56 Å². The first kappa shape index (κ1) is 26.3. The Kier molecular flexibility index (Phi) is 8.21. The summed E-state index contributed by atoms with van der Waals surface area (Å²) in [6, 6.07) is 16.8. The van der Waals surface area contributed by atoms with Gasteiger partial charge >= 0.3 is 5.97 Å². The van der Waals surface area contributed by atoms with Crippen molar-refractivity contribution in [1.29, 1.82) is 0 Å². The van der Waals surface area contributed by atoms with Gasteiger partial charge in [-0.2, -0.15) is 0 Å². The second kappa shape index (κ2) is 11.5. The lowest BCUT2D eigenvalue weighted by Gasteiger charge is -2.20. The van der Waals surface area contributed by atoms with E-state index in [0.29, 0.717) is 28.3 Å². The summed E-state index contributed by atoms with van der Waals surface area (Å²) in [5.41, 5.74) is 3.59. The molecule has 1 atom stereocenters. The van der Waals surface area contributed by atoms with E-state index in [2.05, 4.69) is 5.16 Å². The average Bonchev–Trinajstić information content (AvgIpc) is 3.38. The monoisotopic (exact) mass is 538 g/mol. The smallest absolute Gasteiger partial charge is 0.348 e. The molecule has 0 unspecified atom stereocenters. The Hall–Kier alpha value is -3.75. The van der Waals surface area contributed by atoms with E-state index in [1.54, 1.807) is 44.4 Å². The van der Waals surface area contributed by atoms with Gasteiger partial charge in [-0.25, -0.2) is 9.18 Å². The number of thiophene rings is 1. The van der Waals surface area contributed by atoms with Crippen molar-refractivity contribution in [2.45, 2.75) is 19.3 Å². The zero-order chi connectivity index (χ0) is 26.5. The number of aromatic nitrogens is 1. The van der Waals surface area contributed by atoms with E-state index in [1.807, 2.05) is 29.6 Å². The second-order valence-corrected chi connectivity index (χ2v) is 9.73. The summed E-state index contributed by atoms with van der Waals surface area (Å²) < 4.78 is 21.5. The fraction of sp³-hybridized carbons (Fsp3) is 0.179. The van der Waals surface area contributed by atoms with Crippen molar-refractivity contribution in [3.8, 4) is 11.1 Å². The van der Waals surface area contributed by atoms with Crippen molar-refractivity contribution in [1.82, 2.24) is 4.57 Å². The Morgan fingerprint density at radius 1 is 1.14 bits per heavy atom. The van der Waals surface area contributed by atoms with Crippen LogP contribution in [0.15, 0.2) is 82.2 Å². The third kappa shape index (κ3) is 5.98. The Bertz CT molecular complexity index is 1510. The number of halogens is 2. The molecule has 0 saturated carbocycles. The Morgan fingerprint density at radius 2 is 1.89 bits per heavy atom. The van der Waals surface area contributed by atoms with Crippen LogP contribution in [0.3, 0.4) is 0 Å². The first-order valence-corrected chi connectivity index (χ1v) is 12.8. The number of ether oxygens (including phenoxy) is 1. The van der Waals surface area contributed by atoms with Crippen LogP contribution in [0.2, 0.25) is 5.02 Å². The van der Waals surface area contributed by atoms with Gasteiger partial charge in [0.1, 0.15) is 10.7 Å². The molecule has 2 heterocycles.